The van der Waals surface area contributed by atoms with Crippen molar-refractivity contribution >= 4 is 5.91 Å². The van der Waals surface area contributed by atoms with E-state index in [9.17, 15) is 4.79 Å². The average molecular weight is 287 g/mol. The Kier molecular flexibility index (Phi) is 5.03. The van der Waals surface area contributed by atoms with Crippen molar-refractivity contribution in [2.45, 2.75) is 32.7 Å². The smallest absolute Gasteiger partial charge is 0.230 e. The molecule has 112 valence electrons. The number of aromatic nitrogens is 4. The van der Waals surface area contributed by atoms with Crippen LogP contribution in [0.4, 0.5) is 0 Å². The van der Waals surface area contributed by atoms with Crippen LogP contribution in [0, 0.1) is 5.92 Å². The van der Waals surface area contributed by atoms with Crippen molar-refractivity contribution in [3.8, 4) is 0 Å². The van der Waals surface area contributed by atoms with Crippen LogP contribution in [0.1, 0.15) is 37.6 Å². The van der Waals surface area contributed by atoms with Gasteiger partial charge in [0.1, 0.15) is 0 Å². The molecule has 0 aliphatic carbocycles. The maximum absolute atomic E-state index is 12.8. The van der Waals surface area contributed by atoms with Crippen molar-refractivity contribution in [1.29, 1.82) is 0 Å². The molecule has 0 radical (unpaired) electrons. The number of amides is 1. The molecule has 1 amide bonds. The van der Waals surface area contributed by atoms with E-state index >= 15 is 0 Å². The summed E-state index contributed by atoms with van der Waals surface area (Å²) in [6, 6.07) is 9.92. The first kappa shape index (κ1) is 15.2. The first-order chi connectivity index (χ1) is 10.1. The van der Waals surface area contributed by atoms with E-state index in [4.69, 9.17) is 0 Å². The molecule has 0 aliphatic rings. The van der Waals surface area contributed by atoms with Crippen LogP contribution in [0.2, 0.25) is 0 Å². The Morgan fingerprint density at radius 1 is 1.33 bits per heavy atom. The van der Waals surface area contributed by atoms with Crippen LogP contribution in [0.3, 0.4) is 0 Å². The maximum atomic E-state index is 12.8. The predicted molar refractivity (Wildman–Crippen MR) is 79.3 cm³/mol. The third-order valence-electron chi connectivity index (χ3n) is 3.78. The average Bonchev–Trinajstić information content (AvgIpc) is 3.01. The van der Waals surface area contributed by atoms with Crippen LogP contribution in [0.5, 0.6) is 0 Å². The molecule has 1 heterocycles. The lowest BCUT2D eigenvalue weighted by molar-refractivity contribution is -0.133. The summed E-state index contributed by atoms with van der Waals surface area (Å²) in [5.74, 6) is 0.725. The van der Waals surface area contributed by atoms with E-state index < -0.39 is 0 Å². The van der Waals surface area contributed by atoms with E-state index in [0.717, 1.165) is 12.0 Å². The summed E-state index contributed by atoms with van der Waals surface area (Å²) in [5.41, 5.74) is 1.05. The molecule has 1 aromatic carbocycles. The highest BCUT2D eigenvalue weighted by molar-refractivity contribution is 5.83. The van der Waals surface area contributed by atoms with E-state index in [0.29, 0.717) is 12.4 Å². The topological polar surface area (TPSA) is 74.8 Å². The van der Waals surface area contributed by atoms with Gasteiger partial charge in [-0.15, -0.1) is 10.2 Å². The van der Waals surface area contributed by atoms with Crippen LogP contribution in [-0.2, 0) is 11.3 Å². The van der Waals surface area contributed by atoms with Gasteiger partial charge in [0.05, 0.1) is 12.5 Å². The van der Waals surface area contributed by atoms with Gasteiger partial charge in [0.25, 0.3) is 0 Å². The molecule has 0 fully saturated rings. The molecule has 0 saturated carbocycles. The van der Waals surface area contributed by atoms with Crippen LogP contribution >= 0.6 is 0 Å². The molecule has 0 saturated heterocycles. The van der Waals surface area contributed by atoms with Gasteiger partial charge in [-0.2, -0.15) is 5.21 Å². The molecule has 6 nitrogen and oxygen atoms in total. The number of benzene rings is 1. The van der Waals surface area contributed by atoms with Gasteiger partial charge in [-0.05, 0) is 11.5 Å². The van der Waals surface area contributed by atoms with E-state index in [1.54, 1.807) is 11.9 Å². The Bertz CT molecular complexity index is 555. The third kappa shape index (κ3) is 3.65. The lowest BCUT2D eigenvalue weighted by atomic mass is 9.84. The molecule has 0 unspecified atom stereocenters. The highest BCUT2D eigenvalue weighted by atomic mass is 16.2. The zero-order chi connectivity index (χ0) is 15.2. The molecule has 21 heavy (non-hydrogen) atoms. The molecule has 1 aromatic heterocycles. The number of hydrogen-bond donors (Lipinski definition) is 1. The summed E-state index contributed by atoms with van der Waals surface area (Å²) >= 11 is 0. The van der Waals surface area contributed by atoms with Crippen LogP contribution in [0.25, 0.3) is 0 Å². The van der Waals surface area contributed by atoms with E-state index in [1.807, 2.05) is 30.3 Å². The summed E-state index contributed by atoms with van der Waals surface area (Å²) in [4.78, 5) is 14.5. The molecule has 2 atom stereocenters. The van der Waals surface area contributed by atoms with Crippen LogP contribution in [-0.4, -0.2) is 38.5 Å². The number of carbonyl (C=O) groups excluding carboxylic acids is 1. The minimum atomic E-state index is -0.145. The summed E-state index contributed by atoms with van der Waals surface area (Å²) in [7, 11) is 1.77. The number of likely N-dealkylation sites (N-methyl/N-ethyl adjacent to an activating group) is 1. The van der Waals surface area contributed by atoms with Crippen LogP contribution < -0.4 is 0 Å². The fourth-order valence-corrected chi connectivity index (χ4v) is 2.39. The molecule has 0 bridgehead atoms. The molecule has 1 N–H and O–H groups in total. The SMILES string of the molecule is CC[C@@H](C)[C@H](C(=O)N(C)Cc1nn[nH]n1)c1ccccc1. The monoisotopic (exact) mass is 287 g/mol. The Balaban J connectivity index is 2.18. The van der Waals surface area contributed by atoms with Gasteiger partial charge in [-0.25, -0.2) is 0 Å². The van der Waals surface area contributed by atoms with Gasteiger partial charge in [-0.3, -0.25) is 4.79 Å². The quantitative estimate of drug-likeness (QED) is 0.881. The van der Waals surface area contributed by atoms with E-state index in [2.05, 4.69) is 34.5 Å². The molecule has 2 rings (SSSR count). The van der Waals surface area contributed by atoms with Gasteiger partial charge in [0, 0.05) is 7.05 Å². The van der Waals surface area contributed by atoms with Gasteiger partial charge < -0.3 is 4.90 Å². The van der Waals surface area contributed by atoms with Crippen molar-refractivity contribution in [1.82, 2.24) is 25.5 Å². The third-order valence-corrected chi connectivity index (χ3v) is 3.78. The highest BCUT2D eigenvalue weighted by Crippen LogP contribution is 2.28. The summed E-state index contributed by atoms with van der Waals surface area (Å²) in [6.07, 6.45) is 0.946. The van der Waals surface area contributed by atoms with Crippen molar-refractivity contribution < 1.29 is 4.79 Å². The standard InChI is InChI=1S/C15H21N5O/c1-4-11(2)14(12-8-6-5-7-9-12)15(21)20(3)10-13-16-18-19-17-13/h5-9,11,14H,4,10H2,1-3H3,(H,16,17,18,19)/t11-,14+/m1/s1. The van der Waals surface area contributed by atoms with E-state index in [-0.39, 0.29) is 17.7 Å². The first-order valence-electron chi connectivity index (χ1n) is 7.15. The zero-order valence-corrected chi connectivity index (χ0v) is 12.7. The first-order valence-corrected chi connectivity index (χ1v) is 7.15. The van der Waals surface area contributed by atoms with Crippen LogP contribution in [0.15, 0.2) is 30.3 Å². The second-order valence-corrected chi connectivity index (χ2v) is 5.30. The van der Waals surface area contributed by atoms with Gasteiger partial charge in [0.15, 0.2) is 5.82 Å². The number of tetrazole rings is 1. The minimum Gasteiger partial charge on any atom is -0.338 e. The molecular weight excluding hydrogens is 266 g/mol. The Hall–Kier alpha value is -2.24. The number of nitrogens with zero attached hydrogens (tertiary/aromatic N) is 4. The Morgan fingerprint density at radius 2 is 2.05 bits per heavy atom. The number of nitrogens with one attached hydrogen (secondary N) is 1. The van der Waals surface area contributed by atoms with Gasteiger partial charge in [-0.1, -0.05) is 55.8 Å². The van der Waals surface area contributed by atoms with Crippen molar-refractivity contribution in [2.75, 3.05) is 7.05 Å². The summed E-state index contributed by atoms with van der Waals surface area (Å²) < 4.78 is 0. The molecule has 6 heteroatoms. The van der Waals surface area contributed by atoms with Crippen molar-refractivity contribution in [3.63, 3.8) is 0 Å². The second-order valence-electron chi connectivity index (χ2n) is 5.30. The Labute approximate surface area is 124 Å². The fraction of sp³-hybridized carbons (Fsp3) is 0.467. The molecular formula is C15H21N5O. The minimum absolute atomic E-state index is 0.0837. The number of carbonyl (C=O) groups is 1. The predicted octanol–water partition coefficient (Wildman–Crippen LogP) is 1.99. The maximum Gasteiger partial charge on any atom is 0.230 e. The van der Waals surface area contributed by atoms with E-state index in [1.165, 1.54) is 0 Å². The molecule has 0 aliphatic heterocycles. The highest BCUT2D eigenvalue weighted by Gasteiger charge is 2.28. The molecule has 0 spiro atoms. The lowest BCUT2D eigenvalue weighted by Crippen LogP contribution is -2.34. The number of rotatable bonds is 6. The number of hydrogen-bond acceptors (Lipinski definition) is 4. The molecule has 2 aromatic rings. The zero-order valence-electron chi connectivity index (χ0n) is 12.7. The summed E-state index contributed by atoms with van der Waals surface area (Å²) in [6.45, 7) is 4.57. The van der Waals surface area contributed by atoms with Gasteiger partial charge >= 0.3 is 0 Å². The second kappa shape index (κ2) is 6.97. The van der Waals surface area contributed by atoms with Crippen molar-refractivity contribution in [2.24, 2.45) is 5.92 Å². The number of aromatic amines is 1. The fourth-order valence-electron chi connectivity index (χ4n) is 2.39. The van der Waals surface area contributed by atoms with Crippen molar-refractivity contribution in [3.05, 3.63) is 41.7 Å². The summed E-state index contributed by atoms with van der Waals surface area (Å²) in [5, 5.41) is 13.7. The van der Waals surface area contributed by atoms with Gasteiger partial charge in [0.2, 0.25) is 5.91 Å². The lowest BCUT2D eigenvalue weighted by Gasteiger charge is -2.27. The Morgan fingerprint density at radius 3 is 2.62 bits per heavy atom. The number of H-pyrrole nitrogens is 1. The largest absolute Gasteiger partial charge is 0.338 e. The normalized spacial score (nSPS) is 13.7.